The largest absolute Gasteiger partial charge is 0.504 e. The van der Waals surface area contributed by atoms with Crippen LogP contribution in [-0.2, 0) is 30.9 Å². The number of thiocarbonyl (C=S) groups is 1. The van der Waals surface area contributed by atoms with E-state index >= 15 is 0 Å². The number of aromatic nitrogens is 2. The molecule has 0 atom stereocenters. The minimum absolute atomic E-state index is 0.121. The highest BCUT2D eigenvalue weighted by molar-refractivity contribution is 7.80. The predicted molar refractivity (Wildman–Crippen MR) is 128 cm³/mol. The first-order chi connectivity index (χ1) is 16.0. The van der Waals surface area contributed by atoms with Crippen LogP contribution in [0.3, 0.4) is 0 Å². The number of carbonyl (C=O) groups is 1. The van der Waals surface area contributed by atoms with Crippen molar-refractivity contribution in [3.63, 3.8) is 0 Å². The Kier molecular flexibility index (Phi) is 7.51. The van der Waals surface area contributed by atoms with E-state index in [4.69, 9.17) is 18.0 Å². The number of carbonyl (C=O) groups excluding carboxylic acids is 1. The van der Waals surface area contributed by atoms with Gasteiger partial charge in [-0.2, -0.15) is 18.3 Å². The summed E-state index contributed by atoms with van der Waals surface area (Å²) >= 11 is 5.46. The Morgan fingerprint density at radius 2 is 1.71 bits per heavy atom. The highest BCUT2D eigenvalue weighted by Crippen LogP contribution is 2.35. The molecule has 0 aliphatic rings. The van der Waals surface area contributed by atoms with E-state index in [9.17, 15) is 23.1 Å². The molecule has 3 rings (SSSR count). The van der Waals surface area contributed by atoms with Gasteiger partial charge in [-0.1, -0.05) is 48.6 Å². The maximum atomic E-state index is 12.8. The van der Waals surface area contributed by atoms with E-state index in [1.54, 1.807) is 14.0 Å². The van der Waals surface area contributed by atoms with Gasteiger partial charge in [-0.15, -0.1) is 0 Å². The molecule has 0 saturated heterocycles. The number of aromatic hydroxyl groups is 1. The topological polar surface area (TPSA) is 93.5 Å². The van der Waals surface area contributed by atoms with Gasteiger partial charge in [-0.25, -0.2) is 0 Å². The minimum Gasteiger partial charge on any atom is -0.504 e. The molecule has 1 aromatic heterocycles. The number of hydrogen-bond donors (Lipinski definition) is 2. The average Bonchev–Trinajstić information content (AvgIpc) is 3.06. The highest BCUT2D eigenvalue weighted by Gasteiger charge is 2.30. The normalized spacial score (nSPS) is 12.1. The summed E-state index contributed by atoms with van der Waals surface area (Å²) in [4.78, 5) is 16.3. The van der Waals surface area contributed by atoms with Crippen molar-refractivity contribution in [3.8, 4) is 17.0 Å². The average molecular weight is 489 g/mol. The number of hydrogen-bond acceptors (Lipinski definition) is 5. The standard InChI is InChI=1S/C24H23F3N4O2S/c1-14(29-13-19(34)11-16-5-3-4-6-17(16)12-20(28)32)21-23(33)22(31(2)30-21)15-7-9-18(10-8-15)24(25,26)27/h3-10,33H,11-13H2,1-2H3,(H2,28,32). The zero-order chi connectivity index (χ0) is 25.0. The molecule has 0 bridgehead atoms. The van der Waals surface area contributed by atoms with Crippen LogP contribution in [0.15, 0.2) is 53.5 Å². The summed E-state index contributed by atoms with van der Waals surface area (Å²) in [6.45, 7) is 1.86. The lowest BCUT2D eigenvalue weighted by Crippen LogP contribution is -2.16. The van der Waals surface area contributed by atoms with E-state index in [-0.39, 0.29) is 30.1 Å². The zero-order valence-electron chi connectivity index (χ0n) is 18.6. The van der Waals surface area contributed by atoms with Crippen LogP contribution in [0.1, 0.15) is 29.3 Å². The van der Waals surface area contributed by atoms with Gasteiger partial charge in [0.15, 0.2) is 5.75 Å². The van der Waals surface area contributed by atoms with E-state index < -0.39 is 17.6 Å². The second-order valence-electron chi connectivity index (χ2n) is 7.77. The molecule has 3 aromatic rings. The minimum atomic E-state index is -4.44. The lowest BCUT2D eigenvalue weighted by Gasteiger charge is -2.08. The van der Waals surface area contributed by atoms with Crippen LogP contribution in [0.5, 0.6) is 5.75 Å². The molecule has 0 aliphatic heterocycles. The summed E-state index contributed by atoms with van der Waals surface area (Å²) in [6, 6.07) is 11.9. The Hall–Kier alpha value is -3.53. The molecule has 6 nitrogen and oxygen atoms in total. The second kappa shape index (κ2) is 10.2. The number of rotatable bonds is 8. The fourth-order valence-corrected chi connectivity index (χ4v) is 3.76. The molecule has 2 aromatic carbocycles. The zero-order valence-corrected chi connectivity index (χ0v) is 19.4. The first-order valence-electron chi connectivity index (χ1n) is 10.3. The van der Waals surface area contributed by atoms with Crippen molar-refractivity contribution in [2.45, 2.75) is 25.9 Å². The molecule has 1 amide bonds. The summed E-state index contributed by atoms with van der Waals surface area (Å²) in [5.74, 6) is -0.608. The molecule has 10 heteroatoms. The van der Waals surface area contributed by atoms with Crippen LogP contribution in [0.2, 0.25) is 0 Å². The van der Waals surface area contributed by atoms with E-state index in [0.29, 0.717) is 22.6 Å². The van der Waals surface area contributed by atoms with Crippen molar-refractivity contribution in [1.29, 1.82) is 0 Å². The van der Waals surface area contributed by atoms with Crippen LogP contribution >= 0.6 is 12.2 Å². The Bertz CT molecular complexity index is 1250. The predicted octanol–water partition coefficient (Wildman–Crippen LogP) is 4.26. The number of halogens is 3. The Morgan fingerprint density at radius 3 is 2.26 bits per heavy atom. The van der Waals surface area contributed by atoms with Gasteiger partial charge in [-0.3, -0.25) is 14.5 Å². The van der Waals surface area contributed by atoms with Gasteiger partial charge < -0.3 is 10.8 Å². The van der Waals surface area contributed by atoms with Crippen LogP contribution in [-0.4, -0.2) is 37.9 Å². The van der Waals surface area contributed by atoms with E-state index in [1.807, 2.05) is 24.3 Å². The molecule has 0 radical (unpaired) electrons. The van der Waals surface area contributed by atoms with Crippen LogP contribution in [0.4, 0.5) is 13.2 Å². The molecule has 0 spiro atoms. The second-order valence-corrected chi connectivity index (χ2v) is 8.35. The van der Waals surface area contributed by atoms with Crippen molar-refractivity contribution >= 4 is 28.7 Å². The number of aryl methyl sites for hydroxylation is 1. The van der Waals surface area contributed by atoms with Gasteiger partial charge in [-0.05, 0) is 30.2 Å². The molecule has 0 fully saturated rings. The third-order valence-electron chi connectivity index (χ3n) is 5.21. The summed E-state index contributed by atoms with van der Waals surface area (Å²) < 4.78 is 39.9. The van der Waals surface area contributed by atoms with Gasteiger partial charge in [0, 0.05) is 23.9 Å². The Balaban J connectivity index is 1.77. The van der Waals surface area contributed by atoms with Crippen LogP contribution in [0.25, 0.3) is 11.3 Å². The van der Waals surface area contributed by atoms with Gasteiger partial charge in [0.2, 0.25) is 5.91 Å². The molecule has 0 aliphatic carbocycles. The molecule has 178 valence electrons. The summed E-state index contributed by atoms with van der Waals surface area (Å²) in [6.07, 6.45) is -3.89. The lowest BCUT2D eigenvalue weighted by atomic mass is 10.00. The van der Waals surface area contributed by atoms with Crippen molar-refractivity contribution in [2.75, 3.05) is 6.54 Å². The highest BCUT2D eigenvalue weighted by atomic mass is 32.1. The number of nitrogens with two attached hydrogens (primary N) is 1. The fraction of sp³-hybridized carbons (Fsp3) is 0.250. The SMILES string of the molecule is CC(=NCC(=S)Cc1ccccc1CC(N)=O)c1nn(C)c(-c2ccc(C(F)(F)F)cc2)c1O. The van der Waals surface area contributed by atoms with Crippen LogP contribution in [0, 0.1) is 0 Å². The molecule has 1 heterocycles. The quantitative estimate of drug-likeness (QED) is 0.366. The number of aliphatic imine (C=N–C) groups is 1. The number of benzene rings is 2. The summed E-state index contributed by atoms with van der Waals surface area (Å²) in [5, 5.41) is 15.0. The van der Waals surface area contributed by atoms with Crippen LogP contribution < -0.4 is 5.73 Å². The smallest absolute Gasteiger partial charge is 0.416 e. The van der Waals surface area contributed by atoms with Crippen molar-refractivity contribution in [2.24, 2.45) is 17.8 Å². The summed E-state index contributed by atoms with van der Waals surface area (Å²) in [7, 11) is 1.59. The Labute approximate surface area is 199 Å². The molecular weight excluding hydrogens is 465 g/mol. The number of primary amides is 1. The maximum Gasteiger partial charge on any atom is 0.416 e. The van der Waals surface area contributed by atoms with E-state index in [0.717, 1.165) is 23.3 Å². The van der Waals surface area contributed by atoms with Crippen molar-refractivity contribution in [1.82, 2.24) is 9.78 Å². The third kappa shape index (κ3) is 5.88. The number of amides is 1. The van der Waals surface area contributed by atoms with Gasteiger partial charge in [0.1, 0.15) is 11.4 Å². The van der Waals surface area contributed by atoms with E-state index in [1.165, 1.54) is 16.8 Å². The fourth-order valence-electron chi connectivity index (χ4n) is 3.54. The lowest BCUT2D eigenvalue weighted by molar-refractivity contribution is -0.137. The molecule has 3 N–H and O–H groups in total. The van der Waals surface area contributed by atoms with E-state index in [2.05, 4.69) is 10.1 Å². The van der Waals surface area contributed by atoms with Gasteiger partial charge in [0.25, 0.3) is 0 Å². The Morgan fingerprint density at radius 1 is 1.12 bits per heavy atom. The molecule has 0 saturated carbocycles. The molecule has 0 unspecified atom stereocenters. The van der Waals surface area contributed by atoms with Crippen molar-refractivity contribution < 1.29 is 23.1 Å². The first kappa shape index (κ1) is 25.1. The molecular formula is C24H23F3N4O2S. The third-order valence-corrected chi connectivity index (χ3v) is 5.49. The van der Waals surface area contributed by atoms with Crippen molar-refractivity contribution in [3.05, 3.63) is 70.9 Å². The van der Waals surface area contributed by atoms with Gasteiger partial charge >= 0.3 is 6.18 Å². The van der Waals surface area contributed by atoms with Gasteiger partial charge in [0.05, 0.1) is 24.2 Å². The number of alkyl halides is 3. The molecule has 34 heavy (non-hydrogen) atoms. The monoisotopic (exact) mass is 488 g/mol. The maximum absolute atomic E-state index is 12.8. The first-order valence-corrected chi connectivity index (χ1v) is 10.7. The summed E-state index contributed by atoms with van der Waals surface area (Å²) in [5.41, 5.74) is 7.55. The number of nitrogens with zero attached hydrogens (tertiary/aromatic N) is 3.